The Kier molecular flexibility index (Phi) is 7.21. The Morgan fingerprint density at radius 1 is 1.12 bits per heavy atom. The van der Waals surface area contributed by atoms with Crippen LogP contribution in [0, 0.1) is 17.7 Å². The Labute approximate surface area is 201 Å². The van der Waals surface area contributed by atoms with Gasteiger partial charge in [-0.05, 0) is 66.9 Å². The molecule has 0 atom stereocenters. The van der Waals surface area contributed by atoms with Crippen molar-refractivity contribution in [2.45, 2.75) is 13.5 Å². The smallest absolute Gasteiger partial charge is 0.159 e. The van der Waals surface area contributed by atoms with Gasteiger partial charge in [-0.25, -0.2) is 14.4 Å². The predicted octanol–water partition coefficient (Wildman–Crippen LogP) is 6.12. The van der Waals surface area contributed by atoms with Crippen LogP contribution in [0.5, 0.6) is 5.75 Å². The normalized spacial score (nSPS) is 11.0. The largest absolute Gasteiger partial charge is 0.487 e. The number of oxime groups is 1. The van der Waals surface area contributed by atoms with Gasteiger partial charge in [-0.15, -0.1) is 0 Å². The van der Waals surface area contributed by atoms with Crippen LogP contribution in [0.25, 0.3) is 10.9 Å². The van der Waals surface area contributed by atoms with E-state index in [-0.39, 0.29) is 12.4 Å². The molecule has 0 aliphatic heterocycles. The molecular formula is C26H20ClFN4O2. The first-order valence-electron chi connectivity index (χ1n) is 10.3. The highest BCUT2D eigenvalue weighted by atomic mass is 35.5. The van der Waals surface area contributed by atoms with E-state index < -0.39 is 0 Å². The molecule has 1 N–H and O–H groups in total. The van der Waals surface area contributed by atoms with Crippen molar-refractivity contribution in [2.75, 3.05) is 12.4 Å². The molecule has 0 saturated carbocycles. The maximum atomic E-state index is 13.4. The zero-order chi connectivity index (χ0) is 23.9. The molecule has 0 bridgehead atoms. The Morgan fingerprint density at radius 2 is 2.00 bits per heavy atom. The Bertz CT molecular complexity index is 1430. The molecule has 170 valence electrons. The van der Waals surface area contributed by atoms with E-state index in [4.69, 9.17) is 21.2 Å². The van der Waals surface area contributed by atoms with Crippen molar-refractivity contribution in [3.63, 3.8) is 0 Å². The molecule has 0 aliphatic rings. The second-order valence-electron chi connectivity index (χ2n) is 7.14. The summed E-state index contributed by atoms with van der Waals surface area (Å²) in [5.74, 6) is 6.55. The number of anilines is 2. The van der Waals surface area contributed by atoms with Gasteiger partial charge in [-0.2, -0.15) is 0 Å². The second kappa shape index (κ2) is 10.6. The summed E-state index contributed by atoms with van der Waals surface area (Å²) in [4.78, 5) is 13.6. The average molecular weight is 475 g/mol. The van der Waals surface area contributed by atoms with Crippen molar-refractivity contribution in [3.05, 3.63) is 89.0 Å². The van der Waals surface area contributed by atoms with Crippen LogP contribution >= 0.6 is 11.6 Å². The number of hydrogen-bond donors (Lipinski definition) is 1. The van der Waals surface area contributed by atoms with E-state index in [0.717, 1.165) is 16.5 Å². The maximum absolute atomic E-state index is 13.4. The van der Waals surface area contributed by atoms with Crippen molar-refractivity contribution < 1.29 is 14.0 Å². The molecule has 1 heterocycles. The lowest BCUT2D eigenvalue weighted by molar-refractivity contribution is 0.214. The molecule has 4 rings (SSSR count). The number of aromatic nitrogens is 2. The van der Waals surface area contributed by atoms with E-state index in [9.17, 15) is 4.39 Å². The van der Waals surface area contributed by atoms with Crippen LogP contribution in [0.2, 0.25) is 5.02 Å². The summed E-state index contributed by atoms with van der Waals surface area (Å²) in [5, 5.41) is 8.47. The Hall–Kier alpha value is -4.15. The highest BCUT2D eigenvalue weighted by molar-refractivity contribution is 6.32. The van der Waals surface area contributed by atoms with Crippen LogP contribution in [0.3, 0.4) is 0 Å². The lowest BCUT2D eigenvalue weighted by Gasteiger charge is -2.12. The zero-order valence-corrected chi connectivity index (χ0v) is 19.2. The van der Waals surface area contributed by atoms with Gasteiger partial charge in [-0.3, -0.25) is 0 Å². The molecule has 0 fully saturated rings. The molecule has 0 spiro atoms. The van der Waals surface area contributed by atoms with E-state index in [1.165, 1.54) is 25.6 Å². The number of rotatable bonds is 7. The van der Waals surface area contributed by atoms with E-state index in [2.05, 4.69) is 32.3 Å². The molecule has 6 nitrogen and oxygen atoms in total. The Balaban J connectivity index is 1.58. The molecule has 0 amide bonds. The first-order chi connectivity index (χ1) is 16.6. The maximum Gasteiger partial charge on any atom is 0.159 e. The van der Waals surface area contributed by atoms with Gasteiger partial charge in [0.15, 0.2) is 5.71 Å². The van der Waals surface area contributed by atoms with Crippen molar-refractivity contribution in [2.24, 2.45) is 5.16 Å². The fourth-order valence-electron chi connectivity index (χ4n) is 3.28. The third kappa shape index (κ3) is 5.42. The topological polar surface area (TPSA) is 68.6 Å². The number of nitrogens with one attached hydrogen (secondary N) is 1. The van der Waals surface area contributed by atoms with Crippen molar-refractivity contribution in [1.29, 1.82) is 0 Å². The summed E-state index contributed by atoms with van der Waals surface area (Å²) in [6, 6.07) is 17.2. The van der Waals surface area contributed by atoms with E-state index >= 15 is 0 Å². The molecule has 3 aromatic carbocycles. The summed E-state index contributed by atoms with van der Waals surface area (Å²) < 4.78 is 19.1. The van der Waals surface area contributed by atoms with Crippen LogP contribution in [-0.4, -0.2) is 22.8 Å². The highest BCUT2D eigenvalue weighted by Gasteiger charge is 2.10. The predicted molar refractivity (Wildman–Crippen MR) is 132 cm³/mol. The summed E-state index contributed by atoms with van der Waals surface area (Å²) in [7, 11) is 1.48. The minimum atomic E-state index is -0.311. The van der Waals surface area contributed by atoms with Crippen LogP contribution in [0.15, 0.2) is 72.1 Å². The number of hydrogen-bond acceptors (Lipinski definition) is 6. The van der Waals surface area contributed by atoms with Crippen LogP contribution < -0.4 is 10.1 Å². The third-order valence-electron chi connectivity index (χ3n) is 4.81. The molecule has 8 heteroatoms. The first kappa shape index (κ1) is 23.0. The summed E-state index contributed by atoms with van der Waals surface area (Å²) >= 11 is 6.43. The average Bonchev–Trinajstić information content (AvgIpc) is 2.83. The molecule has 0 unspecified atom stereocenters. The number of halogens is 2. The molecular weight excluding hydrogens is 455 g/mol. The van der Waals surface area contributed by atoms with Crippen LogP contribution in [0.1, 0.15) is 18.1 Å². The first-order valence-corrected chi connectivity index (χ1v) is 10.7. The molecule has 34 heavy (non-hydrogen) atoms. The molecule has 4 aromatic rings. The lowest BCUT2D eigenvalue weighted by Crippen LogP contribution is -2.01. The van der Waals surface area contributed by atoms with Gasteiger partial charge in [0.2, 0.25) is 0 Å². The van der Waals surface area contributed by atoms with Crippen molar-refractivity contribution in [1.82, 2.24) is 9.97 Å². The van der Waals surface area contributed by atoms with Gasteiger partial charge in [0.1, 0.15) is 37.4 Å². The van der Waals surface area contributed by atoms with Gasteiger partial charge in [0, 0.05) is 16.6 Å². The van der Waals surface area contributed by atoms with E-state index in [1.54, 1.807) is 31.2 Å². The van der Waals surface area contributed by atoms with Crippen molar-refractivity contribution >= 4 is 39.7 Å². The highest BCUT2D eigenvalue weighted by Crippen LogP contribution is 2.31. The van der Waals surface area contributed by atoms with Gasteiger partial charge < -0.3 is 14.9 Å². The third-order valence-corrected chi connectivity index (χ3v) is 5.11. The van der Waals surface area contributed by atoms with E-state index in [1.807, 2.05) is 24.3 Å². The summed E-state index contributed by atoms with van der Waals surface area (Å²) in [5.41, 5.74) is 3.46. The number of ether oxygens (including phenoxy) is 1. The lowest BCUT2D eigenvalue weighted by atomic mass is 10.1. The monoisotopic (exact) mass is 474 g/mol. The second-order valence-corrected chi connectivity index (χ2v) is 7.55. The van der Waals surface area contributed by atoms with Gasteiger partial charge in [0.25, 0.3) is 0 Å². The zero-order valence-electron chi connectivity index (χ0n) is 18.5. The minimum absolute atomic E-state index is 0.204. The van der Waals surface area contributed by atoms with Gasteiger partial charge >= 0.3 is 0 Å². The quantitative estimate of drug-likeness (QED) is 0.198. The molecule has 1 aromatic heterocycles. The molecule has 0 radical (unpaired) electrons. The van der Waals surface area contributed by atoms with Crippen LogP contribution in [0.4, 0.5) is 15.9 Å². The number of nitrogens with zero attached hydrogens (tertiary/aromatic N) is 3. The number of benzene rings is 3. The van der Waals surface area contributed by atoms with Gasteiger partial charge in [0.05, 0.1) is 10.5 Å². The molecule has 0 aliphatic carbocycles. The summed E-state index contributed by atoms with van der Waals surface area (Å²) in [6.45, 7) is 1.94. The minimum Gasteiger partial charge on any atom is -0.487 e. The molecule has 0 saturated heterocycles. The van der Waals surface area contributed by atoms with Gasteiger partial charge in [-0.1, -0.05) is 34.8 Å². The van der Waals surface area contributed by atoms with Crippen molar-refractivity contribution in [3.8, 4) is 17.6 Å². The number of fused-ring (bicyclic) bond motifs is 1. The SMILES string of the molecule is CC#C/C(=N\OC)c1ccc2ncnc(Nc3ccc(OCc4cccc(F)c4)c(Cl)c3)c2c1. The fraction of sp³-hybridized carbons (Fsp3) is 0.115. The fourth-order valence-corrected chi connectivity index (χ4v) is 3.52. The Morgan fingerprint density at radius 3 is 2.76 bits per heavy atom. The standard InChI is InChI=1S/C26H20ClFN4O2/c1-3-5-23(32-33-2)18-8-10-24-21(13-18)26(30-16-29-24)31-20-9-11-25(22(27)14-20)34-15-17-6-4-7-19(28)12-17/h4,6-14,16H,15H2,1-2H3,(H,29,30,31)/b32-23+. The van der Waals surface area contributed by atoms with E-state index in [0.29, 0.717) is 33.6 Å². The van der Waals surface area contributed by atoms with Crippen LogP contribution in [-0.2, 0) is 11.4 Å². The summed E-state index contributed by atoms with van der Waals surface area (Å²) in [6.07, 6.45) is 1.48.